The van der Waals surface area contributed by atoms with Crippen molar-refractivity contribution in [2.24, 2.45) is 0 Å². The van der Waals surface area contributed by atoms with Crippen LogP contribution in [0.1, 0.15) is 38.2 Å². The van der Waals surface area contributed by atoms with E-state index in [-0.39, 0.29) is 0 Å². The minimum atomic E-state index is 1.24. The molecular weight excluding hydrogens is 226 g/mol. The Labute approximate surface area is 110 Å². The van der Waals surface area contributed by atoms with Gasteiger partial charge in [-0.25, -0.2) is 0 Å². The standard InChI is InChI=1S/C15H23NS/c1-3-4-5-10-16-11-6-7-13-12-14(17-2)8-9-15(13)16/h8-9,12H,3-7,10-11H2,1-2H3. The lowest BCUT2D eigenvalue weighted by atomic mass is 10.0. The van der Waals surface area contributed by atoms with E-state index in [1.54, 1.807) is 5.56 Å². The molecule has 1 aromatic rings. The first-order valence-corrected chi connectivity index (χ1v) is 7.99. The van der Waals surface area contributed by atoms with E-state index < -0.39 is 0 Å². The van der Waals surface area contributed by atoms with Gasteiger partial charge in [-0.15, -0.1) is 11.8 Å². The van der Waals surface area contributed by atoms with Gasteiger partial charge in [-0.3, -0.25) is 0 Å². The molecule has 0 fully saturated rings. The Hall–Kier alpha value is -0.630. The fourth-order valence-corrected chi connectivity index (χ4v) is 3.03. The molecule has 0 amide bonds. The first-order chi connectivity index (χ1) is 8.35. The number of benzene rings is 1. The normalized spacial score (nSPS) is 14.8. The summed E-state index contributed by atoms with van der Waals surface area (Å²) in [5.74, 6) is 0. The first kappa shape index (κ1) is 12.8. The number of unbranched alkanes of at least 4 members (excludes halogenated alkanes) is 2. The molecule has 1 aliphatic rings. The van der Waals surface area contributed by atoms with Crippen LogP contribution in [0.2, 0.25) is 0 Å². The van der Waals surface area contributed by atoms with Crippen LogP contribution in [0.15, 0.2) is 23.1 Å². The van der Waals surface area contributed by atoms with Crippen LogP contribution in [0.5, 0.6) is 0 Å². The van der Waals surface area contributed by atoms with Crippen LogP contribution in [0, 0.1) is 0 Å². The second kappa shape index (κ2) is 6.34. The number of thioether (sulfide) groups is 1. The fraction of sp³-hybridized carbons (Fsp3) is 0.600. The number of aryl methyl sites for hydroxylation is 1. The predicted molar refractivity (Wildman–Crippen MR) is 78.3 cm³/mol. The Morgan fingerprint density at radius 1 is 1.29 bits per heavy atom. The molecule has 0 saturated carbocycles. The topological polar surface area (TPSA) is 3.24 Å². The number of hydrogen-bond acceptors (Lipinski definition) is 2. The quantitative estimate of drug-likeness (QED) is 0.564. The van der Waals surface area contributed by atoms with Gasteiger partial charge in [0.15, 0.2) is 0 Å². The van der Waals surface area contributed by atoms with Crippen molar-refractivity contribution in [1.29, 1.82) is 0 Å². The van der Waals surface area contributed by atoms with Gasteiger partial charge in [0.25, 0.3) is 0 Å². The largest absolute Gasteiger partial charge is 0.371 e. The second-order valence-electron chi connectivity index (χ2n) is 4.79. The Morgan fingerprint density at radius 2 is 2.18 bits per heavy atom. The molecule has 2 rings (SSSR count). The van der Waals surface area contributed by atoms with Gasteiger partial charge < -0.3 is 4.90 Å². The zero-order chi connectivity index (χ0) is 12.1. The van der Waals surface area contributed by atoms with Crippen LogP contribution >= 0.6 is 11.8 Å². The Bertz CT molecular complexity index is 362. The van der Waals surface area contributed by atoms with Crippen molar-refractivity contribution in [2.75, 3.05) is 24.2 Å². The van der Waals surface area contributed by atoms with Crippen LogP contribution in [0.25, 0.3) is 0 Å². The molecule has 2 heteroatoms. The number of rotatable bonds is 5. The van der Waals surface area contributed by atoms with E-state index in [1.165, 1.54) is 55.8 Å². The van der Waals surface area contributed by atoms with Crippen molar-refractivity contribution >= 4 is 17.4 Å². The summed E-state index contributed by atoms with van der Waals surface area (Å²) in [5, 5.41) is 0. The van der Waals surface area contributed by atoms with Gasteiger partial charge in [0.05, 0.1) is 0 Å². The van der Waals surface area contributed by atoms with Gasteiger partial charge >= 0.3 is 0 Å². The smallest absolute Gasteiger partial charge is 0.0399 e. The van der Waals surface area contributed by atoms with E-state index in [4.69, 9.17) is 0 Å². The van der Waals surface area contributed by atoms with Crippen LogP contribution < -0.4 is 4.90 Å². The molecule has 1 heterocycles. The molecule has 94 valence electrons. The molecule has 1 aromatic carbocycles. The van der Waals surface area contributed by atoms with Gasteiger partial charge in [-0.2, -0.15) is 0 Å². The summed E-state index contributed by atoms with van der Waals surface area (Å²) in [5.41, 5.74) is 3.05. The Kier molecular flexibility index (Phi) is 4.78. The molecule has 0 bridgehead atoms. The molecule has 0 aromatic heterocycles. The third-order valence-corrected chi connectivity index (χ3v) is 4.26. The maximum Gasteiger partial charge on any atom is 0.0399 e. The van der Waals surface area contributed by atoms with E-state index in [0.29, 0.717) is 0 Å². The summed E-state index contributed by atoms with van der Waals surface area (Å²) in [4.78, 5) is 3.98. The third kappa shape index (κ3) is 3.19. The predicted octanol–water partition coefficient (Wildman–Crippen LogP) is 4.35. The summed E-state index contributed by atoms with van der Waals surface area (Å²) in [6.07, 6.45) is 8.73. The average molecular weight is 249 g/mol. The summed E-state index contributed by atoms with van der Waals surface area (Å²) in [6.45, 7) is 4.75. The van der Waals surface area contributed by atoms with E-state index in [9.17, 15) is 0 Å². The van der Waals surface area contributed by atoms with Crippen molar-refractivity contribution in [1.82, 2.24) is 0 Å². The molecule has 17 heavy (non-hydrogen) atoms. The van der Waals surface area contributed by atoms with E-state index >= 15 is 0 Å². The SMILES string of the molecule is CCCCCN1CCCc2cc(SC)ccc21. The van der Waals surface area contributed by atoms with Gasteiger partial charge in [-0.05, 0) is 49.3 Å². The zero-order valence-electron chi connectivity index (χ0n) is 11.0. The van der Waals surface area contributed by atoms with Crippen LogP contribution in [0.4, 0.5) is 5.69 Å². The lowest BCUT2D eigenvalue weighted by molar-refractivity contribution is 0.637. The monoisotopic (exact) mass is 249 g/mol. The fourth-order valence-electron chi connectivity index (χ4n) is 2.56. The minimum absolute atomic E-state index is 1.24. The number of fused-ring (bicyclic) bond motifs is 1. The maximum absolute atomic E-state index is 2.58. The van der Waals surface area contributed by atoms with Crippen molar-refractivity contribution in [2.45, 2.75) is 43.9 Å². The maximum atomic E-state index is 2.58. The molecule has 1 nitrogen and oxygen atoms in total. The lowest BCUT2D eigenvalue weighted by Gasteiger charge is -2.31. The van der Waals surface area contributed by atoms with Crippen molar-refractivity contribution in [3.63, 3.8) is 0 Å². The van der Waals surface area contributed by atoms with Crippen molar-refractivity contribution < 1.29 is 0 Å². The summed E-state index contributed by atoms with van der Waals surface area (Å²) < 4.78 is 0. The second-order valence-corrected chi connectivity index (χ2v) is 5.67. The first-order valence-electron chi connectivity index (χ1n) is 6.77. The highest BCUT2D eigenvalue weighted by atomic mass is 32.2. The van der Waals surface area contributed by atoms with E-state index in [2.05, 4.69) is 36.3 Å². The Balaban J connectivity index is 2.08. The third-order valence-electron chi connectivity index (χ3n) is 3.53. The average Bonchev–Trinajstić information content (AvgIpc) is 2.38. The van der Waals surface area contributed by atoms with Crippen molar-refractivity contribution in [3.05, 3.63) is 23.8 Å². The molecule has 0 radical (unpaired) electrons. The van der Waals surface area contributed by atoms with Crippen LogP contribution in [-0.4, -0.2) is 19.3 Å². The lowest BCUT2D eigenvalue weighted by Crippen LogP contribution is -2.30. The summed E-state index contributed by atoms with van der Waals surface area (Å²) in [6, 6.07) is 6.97. The molecule has 0 unspecified atom stereocenters. The zero-order valence-corrected chi connectivity index (χ0v) is 11.9. The highest BCUT2D eigenvalue weighted by Gasteiger charge is 2.16. The van der Waals surface area contributed by atoms with Crippen molar-refractivity contribution in [3.8, 4) is 0 Å². The Morgan fingerprint density at radius 3 is 2.94 bits per heavy atom. The van der Waals surface area contributed by atoms with E-state index in [1.807, 2.05) is 11.8 Å². The van der Waals surface area contributed by atoms with Gasteiger partial charge in [0, 0.05) is 23.7 Å². The minimum Gasteiger partial charge on any atom is -0.371 e. The molecule has 1 aliphatic heterocycles. The van der Waals surface area contributed by atoms with Gasteiger partial charge in [-0.1, -0.05) is 19.8 Å². The number of hydrogen-bond donors (Lipinski definition) is 0. The highest BCUT2D eigenvalue weighted by molar-refractivity contribution is 7.98. The summed E-state index contributed by atoms with van der Waals surface area (Å²) in [7, 11) is 0. The molecule has 0 N–H and O–H groups in total. The molecule has 0 saturated heterocycles. The molecule has 0 spiro atoms. The molecular formula is C15H23NS. The molecule has 0 atom stereocenters. The van der Waals surface area contributed by atoms with Crippen LogP contribution in [0.3, 0.4) is 0 Å². The molecule has 0 aliphatic carbocycles. The van der Waals surface area contributed by atoms with Gasteiger partial charge in [0.1, 0.15) is 0 Å². The van der Waals surface area contributed by atoms with Gasteiger partial charge in [0.2, 0.25) is 0 Å². The van der Waals surface area contributed by atoms with Crippen LogP contribution in [-0.2, 0) is 6.42 Å². The number of anilines is 1. The summed E-state index contributed by atoms with van der Waals surface area (Å²) >= 11 is 1.85. The number of nitrogens with zero attached hydrogens (tertiary/aromatic N) is 1. The van der Waals surface area contributed by atoms with E-state index in [0.717, 1.165) is 0 Å². The highest BCUT2D eigenvalue weighted by Crippen LogP contribution is 2.30.